The first-order valence-corrected chi connectivity index (χ1v) is 59.7. The summed E-state index contributed by atoms with van der Waals surface area (Å²) in [6.45, 7) is 0. The summed E-state index contributed by atoms with van der Waals surface area (Å²) in [6, 6.07) is 0. The van der Waals surface area contributed by atoms with Gasteiger partial charge in [-0.15, -0.1) is 0 Å². The predicted octanol–water partition coefficient (Wildman–Crippen LogP) is -1.88. The normalized spacial score (nSPS) is 11.5. The van der Waals surface area contributed by atoms with Crippen LogP contribution in [0.4, 0.5) is 0 Å². The first kappa shape index (κ1) is 74.9. The Balaban J connectivity index is -0.0000000343. The van der Waals surface area contributed by atoms with Crippen molar-refractivity contribution in [1.82, 2.24) is 0 Å². The molecule has 0 aromatic rings. The van der Waals surface area contributed by atoms with Gasteiger partial charge in [-0.3, -0.25) is 0 Å². The van der Waals surface area contributed by atoms with Crippen LogP contribution >= 0.6 is 0 Å². The van der Waals surface area contributed by atoms with Gasteiger partial charge in [0.25, 0.3) is 0 Å². The quantitative estimate of drug-likeness (QED) is 0.120. The molecule has 46 heavy (non-hydrogen) atoms. The average molecular weight is 1270 g/mol. The minimum atomic E-state index is -3.12. The molecule has 28 heteroatoms. The van der Waals surface area contributed by atoms with E-state index in [0.29, 0.717) is 0 Å². The van der Waals surface area contributed by atoms with Gasteiger partial charge in [0, 0.05) is 0 Å². The Bertz CT molecular complexity index is 783. The van der Waals surface area contributed by atoms with Crippen LogP contribution in [0.3, 0.4) is 0 Å². The Morgan fingerprint density at radius 2 is 0.217 bits per heavy atom. The van der Waals surface area contributed by atoms with Gasteiger partial charge in [0.2, 0.25) is 0 Å². The third-order valence-electron chi connectivity index (χ3n) is 0. The van der Waals surface area contributed by atoms with E-state index in [0.717, 1.165) is 0 Å². The van der Waals surface area contributed by atoms with E-state index in [2.05, 4.69) is 0 Å². The van der Waals surface area contributed by atoms with Gasteiger partial charge in [-0.2, -0.15) is 0 Å². The van der Waals surface area contributed by atoms with Crippen molar-refractivity contribution in [2.75, 3.05) is 0 Å². The maximum absolute atomic E-state index is 9.83. The Kier molecular flexibility index (Phi) is 54.5. The molecule has 0 saturated heterocycles. The summed E-state index contributed by atoms with van der Waals surface area (Å²) in [5.41, 5.74) is 24.5. The Morgan fingerprint density at radius 3 is 0.217 bits per heavy atom. The average Bonchev–Trinajstić information content (AvgIpc) is 2.26. The molecule has 0 aromatic carbocycles. The molecule has 0 saturated carbocycles. The molecular formula is C18H64As9NaO18. The van der Waals surface area contributed by atoms with Gasteiger partial charge < -0.3 is 1.43 Å². The minimum absolute atomic E-state index is 0. The van der Waals surface area contributed by atoms with E-state index in [-0.39, 0.29) is 31.0 Å². The van der Waals surface area contributed by atoms with E-state index in [1.165, 1.54) is 103 Å². The molecule has 290 valence electrons. The van der Waals surface area contributed by atoms with Crippen LogP contribution in [0.25, 0.3) is 0 Å². The van der Waals surface area contributed by atoms with Crippen LogP contribution in [0, 0.1) is 0 Å². The SMILES string of the molecule is C[As](C)(=O)O.C[As](C)(=O)O.C[As](C)(=O)O.C[As](C)(=O)O.C[As](C)(=O)O.C[As](C)(=O)O.C[As](C)(=O)O.C[As](C)(=O)O.C[As](C)(=O)O.[H-].[Na+]. The molecule has 18 nitrogen and oxygen atoms in total. The topological polar surface area (TPSA) is 336 Å². The fourth-order valence-corrected chi connectivity index (χ4v) is 0. The molecule has 0 unspecified atom stereocenters. The maximum Gasteiger partial charge on any atom is 1.00 e. The molecule has 0 aliphatic rings. The summed E-state index contributed by atoms with van der Waals surface area (Å²) >= 11 is -28.1. The summed E-state index contributed by atoms with van der Waals surface area (Å²) in [4.78, 5) is 0. The van der Waals surface area contributed by atoms with E-state index in [4.69, 9.17) is 36.9 Å². The Labute approximate surface area is 323 Å². The summed E-state index contributed by atoms with van der Waals surface area (Å²) in [6.07, 6.45) is 0. The van der Waals surface area contributed by atoms with Crippen LogP contribution < -0.4 is 29.6 Å². The van der Waals surface area contributed by atoms with Crippen LogP contribution in [0.5, 0.6) is 0 Å². The maximum atomic E-state index is 9.83. The van der Waals surface area contributed by atoms with Gasteiger partial charge in [-0.25, -0.2) is 0 Å². The van der Waals surface area contributed by atoms with Crippen molar-refractivity contribution in [3.8, 4) is 0 Å². The van der Waals surface area contributed by atoms with Crippen molar-refractivity contribution in [1.29, 1.82) is 0 Å². The second-order valence-electron chi connectivity index (χ2n) is 11.6. The first-order valence-electron chi connectivity index (χ1n) is 11.5. The van der Waals surface area contributed by atoms with E-state index in [1.807, 2.05) is 0 Å². The summed E-state index contributed by atoms with van der Waals surface area (Å²) < 4.78 is 162. The molecule has 0 heterocycles. The number of hydrogen-bond donors (Lipinski definition) is 9. The van der Waals surface area contributed by atoms with Gasteiger partial charge in [0.15, 0.2) is 0 Å². The zero-order valence-corrected chi connectivity index (χ0v) is 49.6. The van der Waals surface area contributed by atoms with E-state index < -0.39 is 124 Å². The van der Waals surface area contributed by atoms with Gasteiger partial charge in [-0.1, -0.05) is 0 Å². The number of rotatable bonds is 0. The zero-order valence-electron chi connectivity index (χ0n) is 31.7. The monoisotopic (exact) mass is 1270 g/mol. The molecule has 0 atom stereocenters. The predicted molar refractivity (Wildman–Crippen MR) is 185 cm³/mol. The molecule has 0 amide bonds. The molecular weight excluding hydrogens is 1200 g/mol. The van der Waals surface area contributed by atoms with Crippen molar-refractivity contribution in [2.45, 2.75) is 103 Å². The van der Waals surface area contributed by atoms with Crippen LogP contribution in [0.2, 0.25) is 103 Å². The fraction of sp³-hybridized carbons (Fsp3) is 1.00. The zero-order chi connectivity index (χ0) is 40.5. The molecule has 0 spiro atoms. The van der Waals surface area contributed by atoms with Crippen LogP contribution in [0.15, 0.2) is 0 Å². The minimum Gasteiger partial charge on any atom is -1.00 e. The second kappa shape index (κ2) is 33.4. The molecule has 0 fully saturated rings. The summed E-state index contributed by atoms with van der Waals surface area (Å²) in [5, 5.41) is 0. The third-order valence-corrected chi connectivity index (χ3v) is 0. The molecule has 9 N–H and O–H groups in total. The Morgan fingerprint density at radius 1 is 0.217 bits per heavy atom. The Hall–Kier alpha value is 3.87. The molecule has 0 aliphatic carbocycles. The van der Waals surface area contributed by atoms with Gasteiger partial charge in [-0.05, 0) is 0 Å². The van der Waals surface area contributed by atoms with E-state index >= 15 is 0 Å². The molecule has 0 aromatic heterocycles. The van der Waals surface area contributed by atoms with Gasteiger partial charge in [0.05, 0.1) is 0 Å². The summed E-state index contributed by atoms with van der Waals surface area (Å²) in [7, 11) is 0. The van der Waals surface area contributed by atoms with Crippen LogP contribution in [-0.4, -0.2) is 161 Å². The summed E-state index contributed by atoms with van der Waals surface area (Å²) in [5.74, 6) is 0. The molecule has 0 rings (SSSR count). The van der Waals surface area contributed by atoms with Crippen molar-refractivity contribution < 1.29 is 102 Å². The van der Waals surface area contributed by atoms with E-state index in [1.54, 1.807) is 0 Å². The third kappa shape index (κ3) is 7030. The number of hydrogen-bond acceptors (Lipinski definition) is 9. The van der Waals surface area contributed by atoms with E-state index in [9.17, 15) is 33.7 Å². The van der Waals surface area contributed by atoms with Crippen LogP contribution in [-0.2, 0) is 33.7 Å². The largest absolute Gasteiger partial charge is 1.00 e. The van der Waals surface area contributed by atoms with Crippen molar-refractivity contribution in [3.63, 3.8) is 0 Å². The molecule has 0 bridgehead atoms. The fourth-order valence-electron chi connectivity index (χ4n) is 0. The second-order valence-corrected chi connectivity index (χ2v) is 60.5. The molecule has 0 radical (unpaired) electrons. The first-order chi connectivity index (χ1) is 18.0. The van der Waals surface area contributed by atoms with Crippen molar-refractivity contribution >= 4 is 124 Å². The van der Waals surface area contributed by atoms with Gasteiger partial charge in [0.1, 0.15) is 0 Å². The smallest absolute Gasteiger partial charge is 1.00 e. The van der Waals surface area contributed by atoms with Crippen molar-refractivity contribution in [2.24, 2.45) is 0 Å². The van der Waals surface area contributed by atoms with Crippen molar-refractivity contribution in [3.05, 3.63) is 0 Å². The van der Waals surface area contributed by atoms with Crippen LogP contribution in [0.1, 0.15) is 1.43 Å². The molecule has 0 aliphatic heterocycles. The standard InChI is InChI=1S/9C2H7AsO2.Na.H/c9*1-3(2,4)5;;/h9*1-2H3,(H,4,5);;/q;;;;;;;;;+1;-1. The van der Waals surface area contributed by atoms with Gasteiger partial charge >= 0.3 is 327 Å².